The van der Waals surface area contributed by atoms with E-state index in [1.807, 2.05) is 0 Å². The van der Waals surface area contributed by atoms with Gasteiger partial charge in [-0.2, -0.15) is 0 Å². The smallest absolute Gasteiger partial charge is 0.0177 e. The van der Waals surface area contributed by atoms with Gasteiger partial charge in [-0.3, -0.25) is 0 Å². The quantitative estimate of drug-likeness (QED) is 0.243. The number of rotatable bonds is 2. The topological polar surface area (TPSA) is 164 Å². The fraction of sp³-hybridized carbons (Fsp3) is 1.00. The number of nitrogens with one attached hydrogen (secondary N) is 5. The van der Waals surface area contributed by atoms with E-state index < -0.39 is 0 Å². The van der Waals surface area contributed by atoms with Crippen molar-refractivity contribution in [3.63, 3.8) is 0 Å². The van der Waals surface area contributed by atoms with Crippen LogP contribution in [0.2, 0.25) is 0 Å². The highest BCUT2D eigenvalue weighted by Crippen LogP contribution is 2.14. The molecule has 5 heterocycles. The molecule has 38 heavy (non-hydrogen) atoms. The van der Waals surface area contributed by atoms with Crippen LogP contribution in [0.3, 0.4) is 0 Å². The molecule has 0 radical (unpaired) electrons. The lowest BCUT2D eigenvalue weighted by molar-refractivity contribution is 0.357. The van der Waals surface area contributed by atoms with Crippen molar-refractivity contribution >= 4 is 0 Å². The Kier molecular flexibility index (Phi) is 22.9. The van der Waals surface area contributed by atoms with Gasteiger partial charge in [0.2, 0.25) is 0 Å². The molecule has 13 N–H and O–H groups in total. The van der Waals surface area contributed by atoms with Gasteiger partial charge >= 0.3 is 0 Å². The zero-order chi connectivity index (χ0) is 27.8. The third-order valence-corrected chi connectivity index (χ3v) is 8.08. The van der Waals surface area contributed by atoms with Crippen LogP contribution in [0, 0.1) is 23.7 Å². The molecule has 2 atom stereocenters. The van der Waals surface area contributed by atoms with E-state index in [0.29, 0.717) is 12.1 Å². The average molecular weight is 542 g/mol. The van der Waals surface area contributed by atoms with Crippen molar-refractivity contribution in [3.8, 4) is 0 Å². The van der Waals surface area contributed by atoms with Crippen molar-refractivity contribution in [1.82, 2.24) is 26.6 Å². The SMILES string of the molecule is CC1CCNC1.CC1CCNCC1.NC1CCCCC1.NC1CCNC1.NCC1CNC1.NCC1CNC1. The van der Waals surface area contributed by atoms with E-state index in [1.54, 1.807) is 0 Å². The predicted octanol–water partition coefficient (Wildman–Crippen LogP) is 0.536. The molecule has 2 unspecified atom stereocenters. The molecule has 6 rings (SSSR count). The second-order valence-electron chi connectivity index (χ2n) is 12.2. The summed E-state index contributed by atoms with van der Waals surface area (Å²) in [6, 6.07) is 0.971. The second kappa shape index (κ2) is 24.4. The van der Waals surface area contributed by atoms with Crippen molar-refractivity contribution < 1.29 is 0 Å². The molecule has 5 saturated heterocycles. The van der Waals surface area contributed by atoms with Gasteiger partial charge in [0.05, 0.1) is 0 Å². The molecule has 0 aromatic rings. The lowest BCUT2D eigenvalue weighted by Gasteiger charge is -2.24. The van der Waals surface area contributed by atoms with E-state index in [1.165, 1.54) is 77.5 Å². The van der Waals surface area contributed by atoms with Crippen molar-refractivity contribution in [3.05, 3.63) is 0 Å². The molecule has 6 fully saturated rings. The first-order valence-electron chi connectivity index (χ1n) is 15.9. The monoisotopic (exact) mass is 542 g/mol. The van der Waals surface area contributed by atoms with Crippen LogP contribution >= 0.6 is 0 Å². The second-order valence-corrected chi connectivity index (χ2v) is 12.2. The number of hydrogen-bond acceptors (Lipinski definition) is 9. The zero-order valence-electron chi connectivity index (χ0n) is 25.1. The van der Waals surface area contributed by atoms with Gasteiger partial charge in [-0.1, -0.05) is 33.1 Å². The molecule has 0 spiro atoms. The lowest BCUT2D eigenvalue weighted by atomic mass is 9.97. The Labute approximate surface area is 235 Å². The Hall–Kier alpha value is -0.360. The number of piperidine rings is 1. The maximum atomic E-state index is 5.63. The van der Waals surface area contributed by atoms with Gasteiger partial charge in [0.25, 0.3) is 0 Å². The summed E-state index contributed by atoms with van der Waals surface area (Å²) in [4.78, 5) is 0. The van der Waals surface area contributed by atoms with Crippen LogP contribution in [0.1, 0.15) is 71.6 Å². The maximum absolute atomic E-state index is 5.63. The van der Waals surface area contributed by atoms with Gasteiger partial charge in [-0.05, 0) is 108 Å². The summed E-state index contributed by atoms with van der Waals surface area (Å²) >= 11 is 0. The summed E-state index contributed by atoms with van der Waals surface area (Å²) in [5.41, 5.74) is 21.7. The highest BCUT2D eigenvalue weighted by Gasteiger charge is 2.13. The first kappa shape index (κ1) is 35.7. The van der Waals surface area contributed by atoms with Crippen LogP contribution in [0.4, 0.5) is 0 Å². The third-order valence-electron chi connectivity index (χ3n) is 8.08. The van der Waals surface area contributed by atoms with Gasteiger partial charge in [-0.25, -0.2) is 0 Å². The predicted molar refractivity (Wildman–Crippen MR) is 165 cm³/mol. The molecular weight excluding hydrogens is 474 g/mol. The minimum absolute atomic E-state index is 0.435. The Bertz CT molecular complexity index is 429. The largest absolute Gasteiger partial charge is 0.330 e. The van der Waals surface area contributed by atoms with Gasteiger partial charge in [0, 0.05) is 44.8 Å². The van der Waals surface area contributed by atoms with E-state index in [0.717, 1.165) is 82.5 Å². The van der Waals surface area contributed by atoms with Crippen molar-refractivity contribution in [2.45, 2.75) is 83.7 Å². The van der Waals surface area contributed by atoms with E-state index in [-0.39, 0.29) is 0 Å². The minimum atomic E-state index is 0.435. The van der Waals surface area contributed by atoms with Crippen molar-refractivity contribution in [1.29, 1.82) is 0 Å². The molecule has 228 valence electrons. The van der Waals surface area contributed by atoms with Crippen LogP contribution in [0.25, 0.3) is 0 Å². The molecule has 9 nitrogen and oxygen atoms in total. The normalized spacial score (nSPS) is 27.6. The zero-order valence-corrected chi connectivity index (χ0v) is 25.1. The summed E-state index contributed by atoms with van der Waals surface area (Å²) in [5, 5.41) is 16.0. The first-order valence-corrected chi connectivity index (χ1v) is 15.9. The van der Waals surface area contributed by atoms with Crippen LogP contribution in [0.5, 0.6) is 0 Å². The van der Waals surface area contributed by atoms with Crippen LogP contribution in [0.15, 0.2) is 0 Å². The molecule has 6 aliphatic rings. The molecule has 1 aliphatic carbocycles. The number of hydrogen-bond donors (Lipinski definition) is 9. The van der Waals surface area contributed by atoms with E-state index in [2.05, 4.69) is 40.4 Å². The van der Waals surface area contributed by atoms with E-state index >= 15 is 0 Å². The van der Waals surface area contributed by atoms with Gasteiger partial charge in [0.15, 0.2) is 0 Å². The molecular formula is C29H67N9. The van der Waals surface area contributed by atoms with Crippen LogP contribution in [-0.4, -0.2) is 90.6 Å². The lowest BCUT2D eigenvalue weighted by Crippen LogP contribution is -2.45. The third kappa shape index (κ3) is 20.5. The molecule has 1 saturated carbocycles. The fourth-order valence-electron chi connectivity index (χ4n) is 4.61. The first-order chi connectivity index (χ1) is 18.4. The minimum Gasteiger partial charge on any atom is -0.330 e. The Balaban J connectivity index is 0.000000228. The number of nitrogens with two attached hydrogens (primary N) is 4. The van der Waals surface area contributed by atoms with Crippen molar-refractivity contribution in [2.24, 2.45) is 46.6 Å². The van der Waals surface area contributed by atoms with Gasteiger partial charge in [0.1, 0.15) is 0 Å². The van der Waals surface area contributed by atoms with E-state index in [4.69, 9.17) is 22.9 Å². The molecule has 0 aromatic heterocycles. The molecule has 9 heteroatoms. The van der Waals surface area contributed by atoms with Gasteiger partial charge in [-0.15, -0.1) is 0 Å². The Morgan fingerprint density at radius 1 is 0.474 bits per heavy atom. The highest BCUT2D eigenvalue weighted by molar-refractivity contribution is 4.75. The fourth-order valence-corrected chi connectivity index (χ4v) is 4.61. The van der Waals surface area contributed by atoms with Crippen LogP contribution in [-0.2, 0) is 0 Å². The summed E-state index contributed by atoms with van der Waals surface area (Å²) < 4.78 is 0. The van der Waals surface area contributed by atoms with Crippen molar-refractivity contribution in [2.75, 3.05) is 78.5 Å². The maximum Gasteiger partial charge on any atom is 0.0177 e. The highest BCUT2D eigenvalue weighted by atomic mass is 15.0. The summed E-state index contributed by atoms with van der Waals surface area (Å²) in [6.07, 6.45) is 11.9. The van der Waals surface area contributed by atoms with Crippen LogP contribution < -0.4 is 49.5 Å². The summed E-state index contributed by atoms with van der Waals surface area (Å²) in [5.74, 6) is 3.47. The standard InChI is InChI=1S/2C6H13N.C5H11N.3C4H10N2/c1-6-2-4-7-5-3-6;7-6-4-2-1-3-5-6;1-5-2-3-6-4-5;2*5-1-4-2-6-3-4;5-4-1-2-6-3-4/h6-7H,2-5H2,1H3;6H,1-5,7H2;5-6H,2-4H2,1H3;3*4,6H,1-3,5H2. The summed E-state index contributed by atoms with van der Waals surface area (Å²) in [7, 11) is 0. The average Bonchev–Trinajstić information content (AvgIpc) is 3.54. The summed E-state index contributed by atoms with van der Waals surface area (Å²) in [6.45, 7) is 17.9. The Morgan fingerprint density at radius 2 is 0.947 bits per heavy atom. The molecule has 0 amide bonds. The molecule has 5 aliphatic heterocycles. The molecule has 0 aromatic carbocycles. The Morgan fingerprint density at radius 3 is 1.11 bits per heavy atom. The molecule has 0 bridgehead atoms. The van der Waals surface area contributed by atoms with E-state index in [9.17, 15) is 0 Å². The van der Waals surface area contributed by atoms with Gasteiger partial charge < -0.3 is 49.5 Å².